The molecule has 2 aromatic carbocycles. The van der Waals surface area contributed by atoms with Gasteiger partial charge < -0.3 is 0 Å². The molecule has 0 radical (unpaired) electrons. The van der Waals surface area contributed by atoms with Gasteiger partial charge in [0.2, 0.25) is 0 Å². The van der Waals surface area contributed by atoms with E-state index in [9.17, 15) is 9.59 Å². The lowest BCUT2D eigenvalue weighted by Crippen LogP contribution is -1.98. The molecule has 0 N–H and O–H groups in total. The van der Waals surface area contributed by atoms with Crippen LogP contribution in [0.25, 0.3) is 0 Å². The second-order valence-corrected chi connectivity index (χ2v) is 4.95. The maximum Gasteiger partial charge on any atom is 0.185 e. The monoisotopic (exact) mass is 304 g/mol. The molecule has 100 valence electrons. The second kappa shape index (κ2) is 6.51. The van der Waals surface area contributed by atoms with Crippen LogP contribution in [0.3, 0.4) is 0 Å². The predicted octanol–water partition coefficient (Wildman–Crippen LogP) is 4.62. The minimum Gasteiger partial charge on any atom is -0.289 e. The van der Waals surface area contributed by atoms with E-state index in [0.29, 0.717) is 21.2 Å². The Bertz CT molecular complexity index is 596. The van der Waals surface area contributed by atoms with Crippen LogP contribution >= 0.6 is 23.2 Å². The summed E-state index contributed by atoms with van der Waals surface area (Å²) in [5, 5.41) is 1.12. The van der Waals surface area contributed by atoms with Crippen molar-refractivity contribution < 1.29 is 9.59 Å². The fourth-order valence-corrected chi connectivity index (χ4v) is 1.82. The largest absolute Gasteiger partial charge is 0.289 e. The zero-order valence-electron chi connectivity index (χ0n) is 10.3. The van der Waals surface area contributed by atoms with Gasteiger partial charge in [-0.2, -0.15) is 0 Å². The van der Waals surface area contributed by atoms with Crippen LogP contribution in [0.2, 0.25) is 10.0 Å². The molecule has 0 saturated heterocycles. The summed E-state index contributed by atoms with van der Waals surface area (Å²) in [5.41, 5.74) is 0.962. The fourth-order valence-electron chi connectivity index (χ4n) is 1.57. The topological polar surface area (TPSA) is 34.1 Å². The van der Waals surface area contributed by atoms with Gasteiger partial charge in [-0.25, -0.2) is 0 Å². The van der Waals surface area contributed by atoms with Crippen molar-refractivity contribution in [3.05, 3.63) is 81.9 Å². The second-order valence-electron chi connectivity index (χ2n) is 4.08. The van der Waals surface area contributed by atoms with Gasteiger partial charge in [-0.1, -0.05) is 23.2 Å². The zero-order chi connectivity index (χ0) is 14.5. The van der Waals surface area contributed by atoms with Crippen molar-refractivity contribution in [2.75, 3.05) is 0 Å². The molecule has 0 unspecified atom stereocenters. The van der Waals surface area contributed by atoms with Crippen molar-refractivity contribution >= 4 is 34.8 Å². The Kier molecular flexibility index (Phi) is 4.72. The SMILES string of the molecule is O=C(/C=C/C(=O)c1ccc(Cl)cc1)c1ccc(Cl)cc1. The summed E-state index contributed by atoms with van der Waals surface area (Å²) in [4.78, 5) is 23.7. The maximum atomic E-state index is 11.8. The minimum atomic E-state index is -0.246. The number of halogens is 2. The van der Waals surface area contributed by atoms with Gasteiger partial charge in [-0.15, -0.1) is 0 Å². The molecule has 0 aliphatic carbocycles. The number of carbonyl (C=O) groups excluding carboxylic acids is 2. The summed E-state index contributed by atoms with van der Waals surface area (Å²) in [6.45, 7) is 0. The number of carbonyl (C=O) groups is 2. The van der Waals surface area contributed by atoms with Gasteiger partial charge in [0.25, 0.3) is 0 Å². The highest BCUT2D eigenvalue weighted by molar-refractivity contribution is 6.31. The van der Waals surface area contributed by atoms with Gasteiger partial charge in [0.05, 0.1) is 0 Å². The molecule has 0 atom stereocenters. The van der Waals surface area contributed by atoms with Gasteiger partial charge in [-0.05, 0) is 60.7 Å². The molecule has 0 saturated carbocycles. The molecule has 0 heterocycles. The molecule has 2 aromatic rings. The predicted molar refractivity (Wildman–Crippen MR) is 80.7 cm³/mol. The fraction of sp³-hybridized carbons (Fsp3) is 0. The van der Waals surface area contributed by atoms with E-state index in [0.717, 1.165) is 0 Å². The summed E-state index contributed by atoms with van der Waals surface area (Å²) < 4.78 is 0. The molecule has 0 bridgehead atoms. The zero-order valence-corrected chi connectivity index (χ0v) is 11.9. The van der Waals surface area contributed by atoms with Gasteiger partial charge in [0.15, 0.2) is 11.6 Å². The number of hydrogen-bond donors (Lipinski definition) is 0. The number of hydrogen-bond acceptors (Lipinski definition) is 2. The van der Waals surface area contributed by atoms with Crippen molar-refractivity contribution in [2.24, 2.45) is 0 Å². The average molecular weight is 305 g/mol. The van der Waals surface area contributed by atoms with Crippen molar-refractivity contribution in [2.45, 2.75) is 0 Å². The molecule has 4 heteroatoms. The van der Waals surface area contributed by atoms with Crippen LogP contribution in [0.15, 0.2) is 60.7 Å². The number of allylic oxidation sites excluding steroid dienone is 2. The quantitative estimate of drug-likeness (QED) is 0.610. The first-order chi connectivity index (χ1) is 9.56. The summed E-state index contributed by atoms with van der Waals surface area (Å²) in [7, 11) is 0. The molecule has 0 aliphatic heterocycles. The van der Waals surface area contributed by atoms with Crippen molar-refractivity contribution in [1.29, 1.82) is 0 Å². The van der Waals surface area contributed by atoms with Gasteiger partial charge in [0.1, 0.15) is 0 Å². The highest BCUT2D eigenvalue weighted by atomic mass is 35.5. The lowest BCUT2D eigenvalue weighted by molar-refractivity contribution is 0.102. The minimum absolute atomic E-state index is 0.246. The molecule has 2 rings (SSSR count). The summed E-state index contributed by atoms with van der Waals surface area (Å²) in [6.07, 6.45) is 2.50. The normalized spacial score (nSPS) is 10.7. The number of benzene rings is 2. The number of rotatable bonds is 4. The van der Waals surface area contributed by atoms with E-state index in [4.69, 9.17) is 23.2 Å². The molecule has 0 spiro atoms. The Morgan fingerprint density at radius 1 is 0.650 bits per heavy atom. The lowest BCUT2D eigenvalue weighted by Gasteiger charge is -1.97. The van der Waals surface area contributed by atoms with E-state index in [1.807, 2.05) is 0 Å². The Labute approximate surface area is 126 Å². The average Bonchev–Trinajstić information content (AvgIpc) is 2.46. The highest BCUT2D eigenvalue weighted by Gasteiger charge is 2.04. The molecule has 0 amide bonds. The Morgan fingerprint density at radius 2 is 0.950 bits per heavy atom. The van der Waals surface area contributed by atoms with E-state index in [-0.39, 0.29) is 11.6 Å². The standard InChI is InChI=1S/C16H10Cl2O2/c17-13-5-1-11(2-6-13)15(19)9-10-16(20)12-3-7-14(18)8-4-12/h1-10H/b10-9+. The highest BCUT2D eigenvalue weighted by Crippen LogP contribution is 2.12. The molecule has 0 aromatic heterocycles. The molecule has 0 aliphatic rings. The lowest BCUT2D eigenvalue weighted by atomic mass is 10.1. The first-order valence-corrected chi connectivity index (χ1v) is 6.60. The smallest absolute Gasteiger partial charge is 0.185 e. The summed E-state index contributed by atoms with van der Waals surface area (Å²) >= 11 is 11.5. The summed E-state index contributed by atoms with van der Waals surface area (Å²) in [5.74, 6) is -0.493. The van der Waals surface area contributed by atoms with Crippen LogP contribution < -0.4 is 0 Å². The van der Waals surface area contributed by atoms with Crippen LogP contribution in [0.1, 0.15) is 20.7 Å². The third-order valence-electron chi connectivity index (χ3n) is 2.64. The first-order valence-electron chi connectivity index (χ1n) is 5.84. The van der Waals surface area contributed by atoms with E-state index >= 15 is 0 Å². The Balaban J connectivity index is 2.09. The van der Waals surface area contributed by atoms with Crippen LogP contribution in [-0.4, -0.2) is 11.6 Å². The van der Waals surface area contributed by atoms with Crippen LogP contribution in [0.4, 0.5) is 0 Å². The maximum absolute atomic E-state index is 11.8. The molecule has 2 nitrogen and oxygen atoms in total. The molecule has 0 fully saturated rings. The summed E-state index contributed by atoms with van der Waals surface area (Å²) in [6, 6.07) is 13.0. The Morgan fingerprint density at radius 3 is 1.25 bits per heavy atom. The third-order valence-corrected chi connectivity index (χ3v) is 3.15. The van der Waals surface area contributed by atoms with E-state index in [1.165, 1.54) is 12.2 Å². The Hall–Kier alpha value is -1.90. The van der Waals surface area contributed by atoms with Gasteiger partial charge >= 0.3 is 0 Å². The van der Waals surface area contributed by atoms with Crippen LogP contribution in [0.5, 0.6) is 0 Å². The molecule has 20 heavy (non-hydrogen) atoms. The van der Waals surface area contributed by atoms with Gasteiger partial charge in [0, 0.05) is 21.2 Å². The molecular weight excluding hydrogens is 295 g/mol. The van der Waals surface area contributed by atoms with Crippen molar-refractivity contribution in [3.63, 3.8) is 0 Å². The van der Waals surface area contributed by atoms with Gasteiger partial charge in [-0.3, -0.25) is 9.59 Å². The van der Waals surface area contributed by atoms with Crippen LogP contribution in [0, 0.1) is 0 Å². The third kappa shape index (κ3) is 3.80. The van der Waals surface area contributed by atoms with Crippen molar-refractivity contribution in [3.8, 4) is 0 Å². The first kappa shape index (κ1) is 14.5. The van der Waals surface area contributed by atoms with Crippen molar-refractivity contribution in [1.82, 2.24) is 0 Å². The number of ketones is 2. The van der Waals surface area contributed by atoms with E-state index in [2.05, 4.69) is 0 Å². The molecular formula is C16H10Cl2O2. The van der Waals surface area contributed by atoms with Crippen LogP contribution in [-0.2, 0) is 0 Å². The van der Waals surface area contributed by atoms with E-state index in [1.54, 1.807) is 48.5 Å². The van der Waals surface area contributed by atoms with E-state index < -0.39 is 0 Å².